The van der Waals surface area contributed by atoms with Crippen molar-refractivity contribution >= 4 is 5.91 Å². The van der Waals surface area contributed by atoms with E-state index in [4.69, 9.17) is 4.74 Å². The van der Waals surface area contributed by atoms with Crippen LogP contribution in [0.15, 0.2) is 54.7 Å². The van der Waals surface area contributed by atoms with Crippen LogP contribution in [0.5, 0.6) is 5.75 Å². The van der Waals surface area contributed by atoms with Crippen LogP contribution in [0.25, 0.3) is 5.69 Å². The first kappa shape index (κ1) is 19.8. The average Bonchev–Trinajstić information content (AvgIpc) is 3.34. The maximum atomic E-state index is 13.2. The van der Waals surface area contributed by atoms with Crippen molar-refractivity contribution in [2.24, 2.45) is 0 Å². The summed E-state index contributed by atoms with van der Waals surface area (Å²) in [7, 11) is 0. The van der Waals surface area contributed by atoms with Gasteiger partial charge in [0, 0.05) is 19.3 Å². The van der Waals surface area contributed by atoms with Gasteiger partial charge in [0.25, 0.3) is 5.91 Å². The van der Waals surface area contributed by atoms with Gasteiger partial charge in [-0.15, -0.1) is 0 Å². The van der Waals surface area contributed by atoms with Crippen molar-refractivity contribution in [3.8, 4) is 11.4 Å². The van der Waals surface area contributed by atoms with Crippen LogP contribution in [0.4, 0.5) is 0 Å². The Morgan fingerprint density at radius 1 is 1.10 bits per heavy atom. The number of carbonyl (C=O) groups excluding carboxylic acids is 1. The van der Waals surface area contributed by atoms with E-state index in [1.54, 1.807) is 0 Å². The second-order valence-electron chi connectivity index (χ2n) is 8.53. The number of fused-ring (bicyclic) bond motifs is 1. The zero-order valence-electron chi connectivity index (χ0n) is 17.7. The number of aliphatic hydroxyl groups is 1. The van der Waals surface area contributed by atoms with Crippen LogP contribution >= 0.6 is 0 Å². The van der Waals surface area contributed by atoms with Crippen LogP contribution < -0.4 is 4.74 Å². The van der Waals surface area contributed by atoms with Crippen molar-refractivity contribution in [3.05, 3.63) is 77.1 Å². The van der Waals surface area contributed by atoms with Crippen molar-refractivity contribution in [1.82, 2.24) is 14.7 Å². The smallest absolute Gasteiger partial charge is 0.258 e. The summed E-state index contributed by atoms with van der Waals surface area (Å²) in [5.74, 6) is 0.586. The van der Waals surface area contributed by atoms with Gasteiger partial charge in [-0.1, -0.05) is 30.7 Å². The highest BCUT2D eigenvalue weighted by atomic mass is 16.5. The van der Waals surface area contributed by atoms with Gasteiger partial charge in [-0.2, -0.15) is 5.10 Å². The molecule has 1 fully saturated rings. The minimum Gasteiger partial charge on any atom is -0.487 e. The predicted octanol–water partition coefficient (Wildman–Crippen LogP) is 4.02. The van der Waals surface area contributed by atoms with E-state index >= 15 is 0 Å². The molecule has 31 heavy (non-hydrogen) atoms. The van der Waals surface area contributed by atoms with Crippen molar-refractivity contribution < 1.29 is 14.6 Å². The summed E-state index contributed by atoms with van der Waals surface area (Å²) in [6.45, 7) is 3.07. The number of amides is 1. The molecule has 1 saturated carbocycles. The molecule has 2 heterocycles. The van der Waals surface area contributed by atoms with Crippen molar-refractivity contribution in [3.63, 3.8) is 0 Å². The number of aromatic nitrogens is 2. The molecule has 1 aliphatic carbocycles. The molecule has 6 nitrogen and oxygen atoms in total. The molecule has 5 rings (SSSR count). The fourth-order valence-corrected chi connectivity index (χ4v) is 4.52. The van der Waals surface area contributed by atoms with E-state index in [1.165, 1.54) is 0 Å². The second-order valence-corrected chi connectivity index (χ2v) is 8.53. The van der Waals surface area contributed by atoms with Crippen LogP contribution in [0.3, 0.4) is 0 Å². The number of benzene rings is 2. The molecule has 2 atom stereocenters. The molecular formula is C25H27N3O3. The monoisotopic (exact) mass is 417 g/mol. The molecule has 1 aromatic heterocycles. The number of ether oxygens (including phenoxy) is 1. The number of aliphatic hydroxyl groups excluding tert-OH is 1. The lowest BCUT2D eigenvalue weighted by atomic mass is 9.94. The zero-order valence-corrected chi connectivity index (χ0v) is 17.7. The van der Waals surface area contributed by atoms with Gasteiger partial charge in [0.05, 0.1) is 23.0 Å². The van der Waals surface area contributed by atoms with Gasteiger partial charge >= 0.3 is 0 Å². The maximum Gasteiger partial charge on any atom is 0.258 e. The van der Waals surface area contributed by atoms with E-state index in [0.717, 1.165) is 48.2 Å². The van der Waals surface area contributed by atoms with Gasteiger partial charge in [-0.05, 0) is 61.6 Å². The Morgan fingerprint density at radius 2 is 1.90 bits per heavy atom. The van der Waals surface area contributed by atoms with E-state index in [9.17, 15) is 9.90 Å². The molecule has 0 saturated heterocycles. The number of hydrogen-bond acceptors (Lipinski definition) is 4. The van der Waals surface area contributed by atoms with Crippen LogP contribution in [0.2, 0.25) is 0 Å². The van der Waals surface area contributed by atoms with Crippen LogP contribution in [0.1, 0.15) is 52.9 Å². The highest BCUT2D eigenvalue weighted by Crippen LogP contribution is 2.34. The summed E-state index contributed by atoms with van der Waals surface area (Å²) < 4.78 is 7.99. The predicted molar refractivity (Wildman–Crippen MR) is 117 cm³/mol. The van der Waals surface area contributed by atoms with Crippen LogP contribution in [-0.2, 0) is 13.1 Å². The molecule has 1 N–H and O–H groups in total. The molecule has 2 aliphatic rings. The SMILES string of the molecule is Cc1ccn(-c2ccc(CN3Cc4cccc(OC5CCCCC5O)c4C3=O)cc2)n1. The Balaban J connectivity index is 1.31. The van der Waals surface area contributed by atoms with Crippen molar-refractivity contribution in [2.75, 3.05) is 0 Å². The summed E-state index contributed by atoms with van der Waals surface area (Å²) in [5.41, 5.74) is 4.66. The Labute approximate surface area is 182 Å². The summed E-state index contributed by atoms with van der Waals surface area (Å²) >= 11 is 0. The minimum absolute atomic E-state index is 0.0114. The lowest BCUT2D eigenvalue weighted by molar-refractivity contribution is 0.00636. The van der Waals surface area contributed by atoms with Gasteiger partial charge in [0.1, 0.15) is 11.9 Å². The van der Waals surface area contributed by atoms with E-state index in [1.807, 2.05) is 71.2 Å². The third-order valence-corrected chi connectivity index (χ3v) is 6.22. The Hall–Kier alpha value is -3.12. The highest BCUT2D eigenvalue weighted by Gasteiger charge is 2.33. The summed E-state index contributed by atoms with van der Waals surface area (Å²) in [6.07, 6.45) is 4.90. The number of carbonyl (C=O) groups is 1. The summed E-state index contributed by atoms with van der Waals surface area (Å²) in [4.78, 5) is 15.1. The largest absolute Gasteiger partial charge is 0.487 e. The zero-order chi connectivity index (χ0) is 21.4. The quantitative estimate of drug-likeness (QED) is 0.681. The van der Waals surface area contributed by atoms with E-state index in [2.05, 4.69) is 5.10 Å². The second kappa shape index (κ2) is 8.19. The molecule has 1 amide bonds. The first-order valence-electron chi connectivity index (χ1n) is 11.0. The minimum atomic E-state index is -0.464. The highest BCUT2D eigenvalue weighted by molar-refractivity contribution is 6.01. The first-order chi connectivity index (χ1) is 15.1. The van der Waals surface area contributed by atoms with E-state index in [-0.39, 0.29) is 12.0 Å². The third-order valence-electron chi connectivity index (χ3n) is 6.22. The van der Waals surface area contributed by atoms with E-state index in [0.29, 0.717) is 24.4 Å². The van der Waals surface area contributed by atoms with Gasteiger partial charge in [0.2, 0.25) is 0 Å². The van der Waals surface area contributed by atoms with Gasteiger partial charge < -0.3 is 14.7 Å². The number of hydrogen-bond donors (Lipinski definition) is 1. The van der Waals surface area contributed by atoms with Gasteiger partial charge in [-0.3, -0.25) is 4.79 Å². The average molecular weight is 418 g/mol. The topological polar surface area (TPSA) is 67.6 Å². The number of aryl methyl sites for hydroxylation is 1. The number of rotatable bonds is 5. The molecular weight excluding hydrogens is 390 g/mol. The Bertz CT molecular complexity index is 1090. The normalized spacial score (nSPS) is 20.7. The van der Waals surface area contributed by atoms with E-state index < -0.39 is 6.10 Å². The fraction of sp³-hybridized carbons (Fsp3) is 0.360. The molecule has 2 unspecified atom stereocenters. The Morgan fingerprint density at radius 3 is 2.65 bits per heavy atom. The molecule has 1 aliphatic heterocycles. The van der Waals surface area contributed by atoms with Gasteiger partial charge in [-0.25, -0.2) is 4.68 Å². The summed E-state index contributed by atoms with van der Waals surface area (Å²) in [6, 6.07) is 15.9. The standard InChI is InChI=1S/C25H27N3O3/c1-17-13-14-28(26-17)20-11-9-18(10-12-20)15-27-16-19-5-4-8-23(24(19)25(27)30)31-22-7-3-2-6-21(22)29/h4-5,8-14,21-22,29H,2-3,6-7,15-16H2,1H3. The number of nitrogens with zero attached hydrogens (tertiary/aromatic N) is 3. The summed E-state index contributed by atoms with van der Waals surface area (Å²) in [5, 5.41) is 14.7. The first-order valence-corrected chi connectivity index (χ1v) is 11.0. The van der Waals surface area contributed by atoms with Crippen LogP contribution in [0, 0.1) is 6.92 Å². The molecule has 6 heteroatoms. The van der Waals surface area contributed by atoms with Crippen LogP contribution in [-0.4, -0.2) is 37.9 Å². The maximum absolute atomic E-state index is 13.2. The molecule has 160 valence electrons. The fourth-order valence-electron chi connectivity index (χ4n) is 4.52. The van der Waals surface area contributed by atoms with Gasteiger partial charge in [0.15, 0.2) is 0 Å². The molecule has 0 radical (unpaired) electrons. The van der Waals surface area contributed by atoms with Crippen molar-refractivity contribution in [1.29, 1.82) is 0 Å². The Kier molecular flexibility index (Phi) is 5.24. The molecule has 0 spiro atoms. The lowest BCUT2D eigenvalue weighted by Crippen LogP contribution is -2.35. The molecule has 2 aromatic carbocycles. The molecule has 0 bridgehead atoms. The third kappa shape index (κ3) is 3.95. The lowest BCUT2D eigenvalue weighted by Gasteiger charge is -2.28. The van der Waals surface area contributed by atoms with Crippen molar-refractivity contribution in [2.45, 2.75) is 57.9 Å². The molecule has 3 aromatic rings.